The molecular formula is C22H18N4O3S3. The van der Waals surface area contributed by atoms with Crippen molar-refractivity contribution in [3.63, 3.8) is 0 Å². The molecule has 162 valence electrons. The van der Waals surface area contributed by atoms with Gasteiger partial charge in [0.25, 0.3) is 11.8 Å². The Bertz CT molecular complexity index is 1350. The van der Waals surface area contributed by atoms with Crippen LogP contribution in [0.15, 0.2) is 36.4 Å². The molecule has 0 fully saturated rings. The summed E-state index contributed by atoms with van der Waals surface area (Å²) in [5.74, 6) is -0.890. The fourth-order valence-corrected chi connectivity index (χ4v) is 6.92. The van der Waals surface area contributed by atoms with Gasteiger partial charge in [0, 0.05) is 18.3 Å². The summed E-state index contributed by atoms with van der Waals surface area (Å²) in [4.78, 5) is 45.5. The minimum Gasteiger partial charge on any atom is -0.365 e. The number of thiophene rings is 2. The summed E-state index contributed by atoms with van der Waals surface area (Å²) in [6, 6.07) is 11.6. The third-order valence-electron chi connectivity index (χ3n) is 5.31. The highest BCUT2D eigenvalue weighted by Gasteiger charge is 2.29. The van der Waals surface area contributed by atoms with Gasteiger partial charge in [-0.1, -0.05) is 12.1 Å². The van der Waals surface area contributed by atoms with E-state index in [0.29, 0.717) is 35.0 Å². The first-order valence-electron chi connectivity index (χ1n) is 9.87. The molecule has 3 amide bonds. The highest BCUT2D eigenvalue weighted by molar-refractivity contribution is 7.26. The van der Waals surface area contributed by atoms with E-state index in [1.807, 2.05) is 30.3 Å². The van der Waals surface area contributed by atoms with Crippen LogP contribution < -0.4 is 11.1 Å². The van der Waals surface area contributed by atoms with E-state index in [1.54, 1.807) is 22.3 Å². The first-order valence-corrected chi connectivity index (χ1v) is 12.3. The van der Waals surface area contributed by atoms with Gasteiger partial charge in [-0.2, -0.15) is 0 Å². The summed E-state index contributed by atoms with van der Waals surface area (Å²) in [6.07, 6.45) is 0.542. The van der Waals surface area contributed by atoms with Crippen molar-refractivity contribution in [2.45, 2.75) is 19.9 Å². The van der Waals surface area contributed by atoms with Crippen LogP contribution in [0, 0.1) is 0 Å². The highest BCUT2D eigenvalue weighted by Crippen LogP contribution is 2.38. The van der Waals surface area contributed by atoms with Gasteiger partial charge in [-0.25, -0.2) is 4.98 Å². The summed E-state index contributed by atoms with van der Waals surface area (Å²) in [6.45, 7) is 2.48. The van der Waals surface area contributed by atoms with Gasteiger partial charge in [-0.05, 0) is 36.2 Å². The third kappa shape index (κ3) is 3.70. The van der Waals surface area contributed by atoms with Gasteiger partial charge in [0.15, 0.2) is 0 Å². The zero-order valence-electron chi connectivity index (χ0n) is 17.0. The zero-order chi connectivity index (χ0) is 22.4. The summed E-state index contributed by atoms with van der Waals surface area (Å²) in [5.41, 5.74) is 7.75. The number of carbonyl (C=O) groups is 3. The second kappa shape index (κ2) is 8.12. The number of hydrogen-bond acceptors (Lipinski definition) is 7. The number of rotatable bonds is 4. The van der Waals surface area contributed by atoms with Crippen LogP contribution in [0.1, 0.15) is 37.4 Å². The van der Waals surface area contributed by atoms with Crippen molar-refractivity contribution in [1.82, 2.24) is 9.88 Å². The number of primary amides is 1. The lowest BCUT2D eigenvalue weighted by atomic mass is 10.0. The number of fused-ring (bicyclic) bond motifs is 2. The number of aromatic nitrogens is 1. The first-order chi connectivity index (χ1) is 15.4. The fraction of sp³-hybridized carbons (Fsp3) is 0.182. The van der Waals surface area contributed by atoms with Gasteiger partial charge >= 0.3 is 0 Å². The van der Waals surface area contributed by atoms with Gasteiger partial charge < -0.3 is 16.0 Å². The second-order valence-corrected chi connectivity index (χ2v) is 10.6. The summed E-state index contributed by atoms with van der Waals surface area (Å²) in [5, 5.41) is 4.17. The minimum absolute atomic E-state index is 0.0174. The van der Waals surface area contributed by atoms with Crippen LogP contribution in [0.2, 0.25) is 0 Å². The van der Waals surface area contributed by atoms with Crippen molar-refractivity contribution >= 4 is 66.9 Å². The second-order valence-electron chi connectivity index (χ2n) is 7.37. The van der Waals surface area contributed by atoms with E-state index in [9.17, 15) is 14.4 Å². The van der Waals surface area contributed by atoms with Crippen LogP contribution in [0.5, 0.6) is 0 Å². The Labute approximate surface area is 195 Å². The maximum absolute atomic E-state index is 13.0. The third-order valence-corrected chi connectivity index (χ3v) is 8.73. The van der Waals surface area contributed by atoms with Crippen molar-refractivity contribution in [2.75, 3.05) is 11.9 Å². The molecule has 4 aromatic rings. The molecule has 0 radical (unpaired) electrons. The van der Waals surface area contributed by atoms with Gasteiger partial charge in [-0.3, -0.25) is 14.4 Å². The molecule has 0 saturated heterocycles. The summed E-state index contributed by atoms with van der Waals surface area (Å²) in [7, 11) is 0. The number of nitrogens with two attached hydrogens (primary N) is 1. The quantitative estimate of drug-likeness (QED) is 0.451. The molecule has 32 heavy (non-hydrogen) atoms. The number of hydrogen-bond donors (Lipinski definition) is 2. The molecular weight excluding hydrogens is 464 g/mol. The molecule has 0 aliphatic carbocycles. The molecule has 3 aromatic heterocycles. The van der Waals surface area contributed by atoms with E-state index in [2.05, 4.69) is 10.3 Å². The lowest BCUT2D eigenvalue weighted by molar-refractivity contribution is -0.129. The molecule has 5 rings (SSSR count). The molecule has 0 spiro atoms. The maximum Gasteiger partial charge on any atom is 0.266 e. The van der Waals surface area contributed by atoms with Crippen LogP contribution >= 0.6 is 34.0 Å². The Kier molecular flexibility index (Phi) is 5.28. The predicted octanol–water partition coefficient (Wildman–Crippen LogP) is 4.34. The molecule has 3 N–H and O–H groups in total. The van der Waals surface area contributed by atoms with Gasteiger partial charge in [-0.15, -0.1) is 34.0 Å². The highest BCUT2D eigenvalue weighted by atomic mass is 32.1. The molecule has 1 aliphatic heterocycles. The number of anilines is 1. The number of para-hydroxylation sites is 1. The fourth-order valence-electron chi connectivity index (χ4n) is 3.74. The molecule has 7 nitrogen and oxygen atoms in total. The number of amides is 3. The van der Waals surface area contributed by atoms with E-state index in [0.717, 1.165) is 30.5 Å². The average Bonchev–Trinajstić information content (AvgIpc) is 3.48. The van der Waals surface area contributed by atoms with E-state index in [4.69, 9.17) is 5.73 Å². The van der Waals surface area contributed by atoms with E-state index in [1.165, 1.54) is 29.6 Å². The Morgan fingerprint density at radius 2 is 1.91 bits per heavy atom. The molecule has 4 heterocycles. The average molecular weight is 483 g/mol. The Balaban J connectivity index is 1.41. The van der Waals surface area contributed by atoms with E-state index >= 15 is 0 Å². The Morgan fingerprint density at radius 1 is 1.09 bits per heavy atom. The van der Waals surface area contributed by atoms with Crippen molar-refractivity contribution in [3.05, 3.63) is 57.3 Å². The molecule has 10 heteroatoms. The number of nitrogens with one attached hydrogen (secondary N) is 1. The van der Waals surface area contributed by atoms with Crippen LogP contribution in [0.4, 0.5) is 5.00 Å². The smallest absolute Gasteiger partial charge is 0.266 e. The molecule has 0 atom stereocenters. The van der Waals surface area contributed by atoms with Crippen LogP contribution in [0.3, 0.4) is 0 Å². The van der Waals surface area contributed by atoms with Crippen LogP contribution in [0.25, 0.3) is 20.1 Å². The largest absolute Gasteiger partial charge is 0.365 e. The van der Waals surface area contributed by atoms with Crippen molar-refractivity contribution in [3.8, 4) is 9.88 Å². The Hall–Kier alpha value is -3.08. The van der Waals surface area contributed by atoms with E-state index in [-0.39, 0.29) is 11.8 Å². The number of nitrogens with zero attached hydrogens (tertiary/aromatic N) is 2. The van der Waals surface area contributed by atoms with Crippen LogP contribution in [-0.2, 0) is 17.8 Å². The monoisotopic (exact) mass is 482 g/mol. The predicted molar refractivity (Wildman–Crippen MR) is 129 cm³/mol. The van der Waals surface area contributed by atoms with Crippen LogP contribution in [-0.4, -0.2) is 34.2 Å². The number of thiazole rings is 1. The molecule has 0 bridgehead atoms. The van der Waals surface area contributed by atoms with Gasteiger partial charge in [0.05, 0.1) is 32.1 Å². The lowest BCUT2D eigenvalue weighted by Gasteiger charge is -2.25. The number of carbonyl (C=O) groups excluding carboxylic acids is 3. The molecule has 1 aliphatic rings. The standard InChI is InChI=1S/C22H18N4O3S3/c1-11(27)26-9-8-12-17(10-26)32-22(18(12)19(23)28)25-20(29)15-6-7-16(30-15)21-24-13-4-2-3-5-14(13)31-21/h2-7H,8-10H2,1H3,(H2,23,28)(H,25,29). The summed E-state index contributed by atoms with van der Waals surface area (Å²) >= 11 is 4.24. The normalized spacial score (nSPS) is 13.2. The lowest BCUT2D eigenvalue weighted by Crippen LogP contribution is -2.34. The van der Waals surface area contributed by atoms with Gasteiger partial charge in [0.1, 0.15) is 10.0 Å². The zero-order valence-corrected chi connectivity index (χ0v) is 19.5. The first kappa shape index (κ1) is 20.8. The van der Waals surface area contributed by atoms with E-state index < -0.39 is 5.91 Å². The Morgan fingerprint density at radius 3 is 2.66 bits per heavy atom. The van der Waals surface area contributed by atoms with Crippen molar-refractivity contribution in [1.29, 1.82) is 0 Å². The summed E-state index contributed by atoms with van der Waals surface area (Å²) < 4.78 is 1.09. The van der Waals surface area contributed by atoms with Gasteiger partial charge in [0.2, 0.25) is 5.91 Å². The van der Waals surface area contributed by atoms with Crippen molar-refractivity contribution < 1.29 is 14.4 Å². The minimum atomic E-state index is -0.574. The maximum atomic E-state index is 13.0. The number of benzene rings is 1. The van der Waals surface area contributed by atoms with Crippen molar-refractivity contribution in [2.24, 2.45) is 5.73 Å². The topological polar surface area (TPSA) is 105 Å². The molecule has 0 unspecified atom stereocenters. The SMILES string of the molecule is CC(=O)N1CCc2c(sc(NC(=O)c3ccc(-c4nc5ccccc5s4)s3)c2C(N)=O)C1. The molecule has 1 aromatic carbocycles. The molecule has 0 saturated carbocycles.